The van der Waals surface area contributed by atoms with E-state index in [1.165, 1.54) is 6.42 Å². The second-order valence-electron chi connectivity index (χ2n) is 4.27. The molecule has 0 bridgehead atoms. The minimum absolute atomic E-state index is 0.378. The van der Waals surface area contributed by atoms with Crippen LogP contribution in [0.5, 0.6) is 5.88 Å². The molecule has 1 saturated carbocycles. The Morgan fingerprint density at radius 2 is 2.38 bits per heavy atom. The van der Waals surface area contributed by atoms with Crippen LogP contribution < -0.4 is 15.8 Å². The molecule has 5 heteroatoms. The molecule has 0 saturated heterocycles. The van der Waals surface area contributed by atoms with Crippen molar-refractivity contribution in [2.45, 2.75) is 25.3 Å². The first kappa shape index (κ1) is 11.1. The highest BCUT2D eigenvalue weighted by atomic mass is 16.5. The number of nitrogens with zero attached hydrogens (tertiary/aromatic N) is 2. The lowest BCUT2D eigenvalue weighted by molar-refractivity contribution is 0.396. The molecule has 1 heterocycles. The molecular formula is C11H18N4O. The van der Waals surface area contributed by atoms with Gasteiger partial charge in [0, 0.05) is 12.6 Å². The van der Waals surface area contributed by atoms with Crippen molar-refractivity contribution in [2.75, 3.05) is 19.0 Å². The maximum atomic E-state index is 5.86. The zero-order valence-electron chi connectivity index (χ0n) is 9.52. The summed E-state index contributed by atoms with van der Waals surface area (Å²) in [6.07, 6.45) is 6.74. The van der Waals surface area contributed by atoms with Gasteiger partial charge in [0.15, 0.2) is 0 Å². The molecule has 0 aromatic carbocycles. The molecule has 2 unspecified atom stereocenters. The predicted octanol–water partition coefficient (Wildman–Crippen LogP) is 1.02. The number of methoxy groups -OCH3 is 1. The summed E-state index contributed by atoms with van der Waals surface area (Å²) < 4.78 is 5.01. The van der Waals surface area contributed by atoms with Gasteiger partial charge in [-0.15, -0.1) is 0 Å². The predicted molar refractivity (Wildman–Crippen MR) is 62.4 cm³/mol. The lowest BCUT2D eigenvalue weighted by atomic mass is 10.1. The number of nitrogens with one attached hydrogen (secondary N) is 1. The van der Waals surface area contributed by atoms with Crippen LogP contribution >= 0.6 is 0 Å². The lowest BCUT2D eigenvalue weighted by Gasteiger charge is -2.11. The third kappa shape index (κ3) is 2.82. The van der Waals surface area contributed by atoms with Crippen LogP contribution in [0.3, 0.4) is 0 Å². The Morgan fingerprint density at radius 3 is 3.06 bits per heavy atom. The van der Waals surface area contributed by atoms with Crippen LogP contribution in [0.15, 0.2) is 12.4 Å². The average molecular weight is 222 g/mol. The molecule has 16 heavy (non-hydrogen) atoms. The first-order chi connectivity index (χ1) is 7.78. The number of aromatic nitrogens is 2. The van der Waals surface area contributed by atoms with E-state index in [4.69, 9.17) is 10.5 Å². The van der Waals surface area contributed by atoms with Crippen molar-refractivity contribution in [3.8, 4) is 5.88 Å². The molecule has 0 aliphatic heterocycles. The van der Waals surface area contributed by atoms with E-state index in [9.17, 15) is 0 Å². The minimum Gasteiger partial charge on any atom is -0.480 e. The summed E-state index contributed by atoms with van der Waals surface area (Å²) in [6.45, 7) is 0.912. The summed E-state index contributed by atoms with van der Waals surface area (Å²) in [5.41, 5.74) is 5.86. The van der Waals surface area contributed by atoms with Gasteiger partial charge in [-0.3, -0.25) is 4.98 Å². The Balaban J connectivity index is 1.84. The monoisotopic (exact) mass is 222 g/mol. The number of rotatable bonds is 4. The molecule has 0 spiro atoms. The molecule has 1 aliphatic rings. The Morgan fingerprint density at radius 1 is 1.50 bits per heavy atom. The SMILES string of the molecule is COc1cncc(NCC2CCC(N)C2)n1. The molecule has 0 amide bonds. The van der Waals surface area contributed by atoms with Crippen molar-refractivity contribution in [1.82, 2.24) is 9.97 Å². The molecule has 1 aromatic rings. The summed E-state index contributed by atoms with van der Waals surface area (Å²) in [6, 6.07) is 0.378. The van der Waals surface area contributed by atoms with Gasteiger partial charge >= 0.3 is 0 Å². The highest BCUT2D eigenvalue weighted by Gasteiger charge is 2.21. The number of hydrogen-bond acceptors (Lipinski definition) is 5. The quantitative estimate of drug-likeness (QED) is 0.795. The van der Waals surface area contributed by atoms with Crippen LogP contribution in [0.2, 0.25) is 0 Å². The minimum atomic E-state index is 0.378. The van der Waals surface area contributed by atoms with E-state index in [2.05, 4.69) is 15.3 Å². The van der Waals surface area contributed by atoms with E-state index < -0.39 is 0 Å². The van der Waals surface area contributed by atoms with Gasteiger partial charge in [0.1, 0.15) is 5.82 Å². The molecule has 1 fully saturated rings. The standard InChI is InChI=1S/C11H18N4O/c1-16-11-7-13-6-10(15-11)14-5-8-2-3-9(12)4-8/h6-9H,2-5,12H2,1H3,(H,14,15). The average Bonchev–Trinajstić information content (AvgIpc) is 2.73. The van der Waals surface area contributed by atoms with E-state index >= 15 is 0 Å². The van der Waals surface area contributed by atoms with Crippen molar-refractivity contribution < 1.29 is 4.74 Å². The number of ether oxygens (including phenoxy) is 1. The number of hydrogen-bond donors (Lipinski definition) is 2. The van der Waals surface area contributed by atoms with E-state index in [1.807, 2.05) is 0 Å². The molecule has 1 aliphatic carbocycles. The van der Waals surface area contributed by atoms with Gasteiger partial charge in [-0.05, 0) is 25.2 Å². The molecule has 1 aromatic heterocycles. The van der Waals surface area contributed by atoms with E-state index in [0.29, 0.717) is 17.8 Å². The first-order valence-electron chi connectivity index (χ1n) is 5.63. The van der Waals surface area contributed by atoms with Crippen molar-refractivity contribution in [3.05, 3.63) is 12.4 Å². The van der Waals surface area contributed by atoms with E-state index in [-0.39, 0.29) is 0 Å². The summed E-state index contributed by atoms with van der Waals surface area (Å²) in [7, 11) is 1.59. The smallest absolute Gasteiger partial charge is 0.233 e. The van der Waals surface area contributed by atoms with Crippen LogP contribution in [0.25, 0.3) is 0 Å². The normalized spacial score (nSPS) is 24.4. The molecule has 0 radical (unpaired) electrons. The van der Waals surface area contributed by atoms with Gasteiger partial charge < -0.3 is 15.8 Å². The fraction of sp³-hybridized carbons (Fsp3) is 0.636. The van der Waals surface area contributed by atoms with Crippen LogP contribution in [0.4, 0.5) is 5.82 Å². The van der Waals surface area contributed by atoms with Crippen molar-refractivity contribution in [3.63, 3.8) is 0 Å². The Hall–Kier alpha value is -1.36. The van der Waals surface area contributed by atoms with Crippen molar-refractivity contribution >= 4 is 5.82 Å². The third-order valence-electron chi connectivity index (χ3n) is 2.98. The Bertz CT molecular complexity index is 345. The Kier molecular flexibility index (Phi) is 3.56. The van der Waals surface area contributed by atoms with Crippen molar-refractivity contribution in [2.24, 2.45) is 11.7 Å². The molecular weight excluding hydrogens is 204 g/mol. The molecule has 88 valence electrons. The van der Waals surface area contributed by atoms with Gasteiger partial charge in [-0.2, -0.15) is 4.98 Å². The van der Waals surface area contributed by atoms with Crippen LogP contribution in [-0.2, 0) is 0 Å². The highest BCUT2D eigenvalue weighted by molar-refractivity contribution is 5.33. The van der Waals surface area contributed by atoms with Crippen LogP contribution in [0.1, 0.15) is 19.3 Å². The maximum Gasteiger partial charge on any atom is 0.233 e. The fourth-order valence-corrected chi connectivity index (χ4v) is 2.08. The molecule has 5 nitrogen and oxygen atoms in total. The van der Waals surface area contributed by atoms with Crippen molar-refractivity contribution in [1.29, 1.82) is 0 Å². The van der Waals surface area contributed by atoms with Gasteiger partial charge in [0.05, 0.1) is 19.5 Å². The van der Waals surface area contributed by atoms with Gasteiger partial charge in [-0.1, -0.05) is 0 Å². The highest BCUT2D eigenvalue weighted by Crippen LogP contribution is 2.24. The second kappa shape index (κ2) is 5.12. The van der Waals surface area contributed by atoms with Crippen LogP contribution in [0, 0.1) is 5.92 Å². The third-order valence-corrected chi connectivity index (χ3v) is 2.98. The number of anilines is 1. The topological polar surface area (TPSA) is 73.1 Å². The summed E-state index contributed by atoms with van der Waals surface area (Å²) in [5, 5.41) is 3.27. The summed E-state index contributed by atoms with van der Waals surface area (Å²) in [4.78, 5) is 8.29. The molecule has 2 atom stereocenters. The molecule has 3 N–H and O–H groups in total. The Labute approximate surface area is 95.4 Å². The summed E-state index contributed by atoms with van der Waals surface area (Å²) >= 11 is 0. The second-order valence-corrected chi connectivity index (χ2v) is 4.27. The zero-order chi connectivity index (χ0) is 11.4. The van der Waals surface area contributed by atoms with Gasteiger partial charge in [0.25, 0.3) is 0 Å². The van der Waals surface area contributed by atoms with Gasteiger partial charge in [-0.25, -0.2) is 0 Å². The lowest BCUT2D eigenvalue weighted by Crippen LogP contribution is -2.18. The zero-order valence-corrected chi connectivity index (χ0v) is 9.52. The van der Waals surface area contributed by atoms with Gasteiger partial charge in [0.2, 0.25) is 5.88 Å². The summed E-state index contributed by atoms with van der Waals surface area (Å²) in [5.74, 6) is 1.95. The maximum absolute atomic E-state index is 5.86. The van der Waals surface area contributed by atoms with E-state index in [0.717, 1.165) is 25.2 Å². The van der Waals surface area contributed by atoms with E-state index in [1.54, 1.807) is 19.5 Å². The number of nitrogens with two attached hydrogens (primary N) is 1. The largest absolute Gasteiger partial charge is 0.480 e. The molecule has 2 rings (SSSR count). The fourth-order valence-electron chi connectivity index (χ4n) is 2.08. The first-order valence-corrected chi connectivity index (χ1v) is 5.63. The van der Waals surface area contributed by atoms with Crippen LogP contribution in [-0.4, -0.2) is 29.7 Å².